The van der Waals surface area contributed by atoms with Crippen LogP contribution in [-0.2, 0) is 0 Å². The van der Waals surface area contributed by atoms with Gasteiger partial charge in [-0.15, -0.1) is 11.3 Å². The lowest BCUT2D eigenvalue weighted by Gasteiger charge is -2.24. The number of rotatable bonds is 5. The summed E-state index contributed by atoms with van der Waals surface area (Å²) in [6.45, 7) is 6.28. The summed E-state index contributed by atoms with van der Waals surface area (Å²) in [6, 6.07) is 10.3. The molecule has 0 amide bonds. The first-order chi connectivity index (χ1) is 9.11. The first-order valence-electron chi connectivity index (χ1n) is 6.64. The van der Waals surface area contributed by atoms with Crippen LogP contribution in [0.5, 0.6) is 5.75 Å². The van der Waals surface area contributed by atoms with Crippen molar-refractivity contribution in [2.75, 3.05) is 0 Å². The van der Waals surface area contributed by atoms with Crippen molar-refractivity contribution >= 4 is 11.3 Å². The molecule has 1 aromatic carbocycles. The van der Waals surface area contributed by atoms with Crippen molar-refractivity contribution in [1.82, 2.24) is 0 Å². The molecular weight excluding hydrogens is 254 g/mol. The van der Waals surface area contributed by atoms with Crippen LogP contribution in [0.1, 0.15) is 35.5 Å². The summed E-state index contributed by atoms with van der Waals surface area (Å²) in [5, 5.41) is 2.10. The molecule has 0 saturated heterocycles. The number of hydrogen-bond acceptors (Lipinski definition) is 3. The Labute approximate surface area is 119 Å². The highest BCUT2D eigenvalue weighted by Crippen LogP contribution is 2.31. The summed E-state index contributed by atoms with van der Waals surface area (Å²) in [4.78, 5) is 1.23. The predicted octanol–water partition coefficient (Wildman–Crippen LogP) is 4.22. The molecule has 19 heavy (non-hydrogen) atoms. The molecule has 0 aliphatic rings. The third kappa shape index (κ3) is 3.37. The van der Waals surface area contributed by atoms with Gasteiger partial charge in [0.2, 0.25) is 0 Å². The normalized spacial score (nSPS) is 14.1. The van der Waals surface area contributed by atoms with Crippen molar-refractivity contribution in [3.05, 3.63) is 51.7 Å². The molecule has 0 saturated carbocycles. The molecule has 0 bridgehead atoms. The Kier molecular flexibility index (Phi) is 4.61. The second-order valence-corrected chi connectivity index (χ2v) is 5.84. The van der Waals surface area contributed by atoms with Gasteiger partial charge < -0.3 is 10.5 Å². The van der Waals surface area contributed by atoms with Crippen LogP contribution in [0, 0.1) is 13.8 Å². The lowest BCUT2D eigenvalue weighted by Crippen LogP contribution is -2.31. The minimum Gasteiger partial charge on any atom is -0.483 e. The summed E-state index contributed by atoms with van der Waals surface area (Å²) < 4.78 is 6.13. The molecule has 2 atom stereocenters. The van der Waals surface area contributed by atoms with Crippen LogP contribution in [-0.4, -0.2) is 6.04 Å². The summed E-state index contributed by atoms with van der Waals surface area (Å²) in [7, 11) is 0. The monoisotopic (exact) mass is 275 g/mol. The van der Waals surface area contributed by atoms with Crippen LogP contribution >= 0.6 is 11.3 Å². The Balaban J connectivity index is 2.24. The quantitative estimate of drug-likeness (QED) is 0.886. The minimum atomic E-state index is -0.0623. The van der Waals surface area contributed by atoms with E-state index in [0.717, 1.165) is 12.2 Å². The topological polar surface area (TPSA) is 35.2 Å². The molecule has 102 valence electrons. The van der Waals surface area contributed by atoms with Gasteiger partial charge in [0, 0.05) is 10.9 Å². The molecule has 0 spiro atoms. The first kappa shape index (κ1) is 14.1. The Morgan fingerprint density at radius 2 is 1.84 bits per heavy atom. The molecule has 2 rings (SSSR count). The molecule has 2 nitrogen and oxygen atoms in total. The van der Waals surface area contributed by atoms with E-state index in [-0.39, 0.29) is 12.1 Å². The van der Waals surface area contributed by atoms with E-state index >= 15 is 0 Å². The standard InChI is InChI=1S/C16H21NOS/c1-4-14(17)15(16-12(3)9-10-19-16)18-13-7-5-11(2)6-8-13/h5-10,14-15H,4,17H2,1-3H3. The Morgan fingerprint density at radius 1 is 1.16 bits per heavy atom. The first-order valence-corrected chi connectivity index (χ1v) is 7.52. The molecule has 0 aliphatic carbocycles. The average Bonchev–Trinajstić information content (AvgIpc) is 2.83. The number of hydrogen-bond donors (Lipinski definition) is 1. The van der Waals surface area contributed by atoms with Gasteiger partial charge in [0.1, 0.15) is 11.9 Å². The van der Waals surface area contributed by atoms with Crippen LogP contribution in [0.3, 0.4) is 0 Å². The van der Waals surface area contributed by atoms with Crippen LogP contribution in [0.2, 0.25) is 0 Å². The van der Waals surface area contributed by atoms with E-state index in [0.29, 0.717) is 0 Å². The Bertz CT molecular complexity index is 518. The number of thiophene rings is 1. The van der Waals surface area contributed by atoms with Gasteiger partial charge in [-0.3, -0.25) is 0 Å². The number of benzene rings is 1. The van der Waals surface area contributed by atoms with Crippen molar-refractivity contribution in [3.63, 3.8) is 0 Å². The van der Waals surface area contributed by atoms with Crippen LogP contribution in [0.4, 0.5) is 0 Å². The molecule has 0 fully saturated rings. The average molecular weight is 275 g/mol. The van der Waals surface area contributed by atoms with E-state index < -0.39 is 0 Å². The molecule has 0 aliphatic heterocycles. The maximum Gasteiger partial charge on any atom is 0.148 e. The lowest BCUT2D eigenvalue weighted by molar-refractivity contribution is 0.174. The van der Waals surface area contributed by atoms with Crippen molar-refractivity contribution in [3.8, 4) is 5.75 Å². The smallest absolute Gasteiger partial charge is 0.148 e. The number of nitrogens with two attached hydrogens (primary N) is 1. The fourth-order valence-corrected chi connectivity index (χ4v) is 3.02. The van der Waals surface area contributed by atoms with Gasteiger partial charge in [0.05, 0.1) is 0 Å². The second kappa shape index (κ2) is 6.22. The third-order valence-electron chi connectivity index (χ3n) is 3.30. The highest BCUT2D eigenvalue weighted by molar-refractivity contribution is 7.10. The minimum absolute atomic E-state index is 0.0126. The van der Waals surface area contributed by atoms with Crippen LogP contribution in [0.15, 0.2) is 35.7 Å². The van der Waals surface area contributed by atoms with Gasteiger partial charge in [0.15, 0.2) is 0 Å². The molecule has 2 aromatic rings. The van der Waals surface area contributed by atoms with Gasteiger partial charge in [-0.2, -0.15) is 0 Å². The second-order valence-electron chi connectivity index (χ2n) is 4.89. The summed E-state index contributed by atoms with van der Waals surface area (Å²) in [5.74, 6) is 0.882. The van der Waals surface area contributed by atoms with E-state index in [1.54, 1.807) is 11.3 Å². The third-order valence-corrected chi connectivity index (χ3v) is 4.38. The largest absolute Gasteiger partial charge is 0.483 e. The van der Waals surface area contributed by atoms with E-state index in [1.807, 2.05) is 12.1 Å². The van der Waals surface area contributed by atoms with E-state index in [2.05, 4.69) is 44.4 Å². The molecule has 1 aromatic heterocycles. The molecular formula is C16H21NOS. The predicted molar refractivity (Wildman–Crippen MR) is 81.9 cm³/mol. The molecule has 3 heteroatoms. The molecule has 2 unspecified atom stereocenters. The summed E-state index contributed by atoms with van der Waals surface area (Å²) >= 11 is 1.72. The molecule has 2 N–H and O–H groups in total. The lowest BCUT2D eigenvalue weighted by atomic mass is 10.1. The maximum absolute atomic E-state index is 6.24. The Morgan fingerprint density at radius 3 is 2.37 bits per heavy atom. The van der Waals surface area contributed by atoms with Crippen molar-refractivity contribution in [1.29, 1.82) is 0 Å². The van der Waals surface area contributed by atoms with Crippen molar-refractivity contribution in [2.24, 2.45) is 5.73 Å². The number of ether oxygens (including phenoxy) is 1. The highest BCUT2D eigenvalue weighted by Gasteiger charge is 2.23. The zero-order chi connectivity index (χ0) is 13.8. The van der Waals surface area contributed by atoms with Crippen LogP contribution in [0.25, 0.3) is 0 Å². The summed E-state index contributed by atoms with van der Waals surface area (Å²) in [5.41, 5.74) is 8.72. The zero-order valence-corrected chi connectivity index (χ0v) is 12.5. The summed E-state index contributed by atoms with van der Waals surface area (Å²) in [6.07, 6.45) is 0.834. The van der Waals surface area contributed by atoms with E-state index in [1.165, 1.54) is 16.0 Å². The molecule has 1 heterocycles. The molecule has 0 radical (unpaired) electrons. The van der Waals surface area contributed by atoms with Crippen molar-refractivity contribution < 1.29 is 4.74 Å². The van der Waals surface area contributed by atoms with Gasteiger partial charge in [0.25, 0.3) is 0 Å². The Hall–Kier alpha value is -1.32. The SMILES string of the molecule is CCC(N)C(Oc1ccc(C)cc1)c1sccc1C. The van der Waals surface area contributed by atoms with Gasteiger partial charge >= 0.3 is 0 Å². The van der Waals surface area contributed by atoms with E-state index in [4.69, 9.17) is 10.5 Å². The maximum atomic E-state index is 6.24. The van der Waals surface area contributed by atoms with Gasteiger partial charge in [-0.05, 0) is 49.4 Å². The van der Waals surface area contributed by atoms with E-state index in [9.17, 15) is 0 Å². The van der Waals surface area contributed by atoms with Gasteiger partial charge in [-0.25, -0.2) is 0 Å². The highest BCUT2D eigenvalue weighted by atomic mass is 32.1. The van der Waals surface area contributed by atoms with Gasteiger partial charge in [-0.1, -0.05) is 24.6 Å². The number of aryl methyl sites for hydroxylation is 2. The fourth-order valence-electron chi connectivity index (χ4n) is 1.99. The van der Waals surface area contributed by atoms with Crippen LogP contribution < -0.4 is 10.5 Å². The fraction of sp³-hybridized carbons (Fsp3) is 0.375. The van der Waals surface area contributed by atoms with Crippen molar-refractivity contribution in [2.45, 2.75) is 39.3 Å². The zero-order valence-electron chi connectivity index (χ0n) is 11.7.